The van der Waals surface area contributed by atoms with E-state index in [1.807, 2.05) is 25.1 Å². The summed E-state index contributed by atoms with van der Waals surface area (Å²) in [6.07, 6.45) is 0.495. The molecule has 1 aliphatic heterocycles. The number of hydrogen-bond acceptors (Lipinski definition) is 1. The summed E-state index contributed by atoms with van der Waals surface area (Å²) in [5.41, 5.74) is 2.59. The lowest BCUT2D eigenvalue weighted by molar-refractivity contribution is -0.138. The number of anilines is 1. The van der Waals surface area contributed by atoms with E-state index in [1.54, 1.807) is 12.1 Å². The van der Waals surface area contributed by atoms with E-state index in [2.05, 4.69) is 11.4 Å². The van der Waals surface area contributed by atoms with Crippen LogP contribution < -0.4 is 5.32 Å². The first-order chi connectivity index (χ1) is 11.9. The lowest BCUT2D eigenvalue weighted by Gasteiger charge is -2.39. The third-order valence-corrected chi connectivity index (χ3v) is 5.61. The van der Waals surface area contributed by atoms with E-state index in [0.717, 1.165) is 29.3 Å². The van der Waals surface area contributed by atoms with Gasteiger partial charge in [0.15, 0.2) is 0 Å². The second-order valence-electron chi connectivity index (χ2n) is 6.71. The van der Waals surface area contributed by atoms with Crippen LogP contribution in [-0.4, -0.2) is 0 Å². The highest BCUT2D eigenvalue weighted by molar-refractivity contribution is 6.32. The van der Waals surface area contributed by atoms with Gasteiger partial charge in [0.25, 0.3) is 0 Å². The lowest BCUT2D eigenvalue weighted by atomic mass is 9.75. The Labute approximate surface area is 149 Å². The Hall–Kier alpha value is -1.94. The second kappa shape index (κ2) is 5.80. The van der Waals surface area contributed by atoms with Gasteiger partial charge in [0.2, 0.25) is 0 Å². The number of fused-ring (bicyclic) bond motifs is 3. The number of nitrogens with one attached hydrogen (secondary N) is 1. The normalized spacial score (nSPS) is 24.6. The summed E-state index contributed by atoms with van der Waals surface area (Å²) in [6, 6.07) is 9.22. The molecule has 2 aliphatic rings. The van der Waals surface area contributed by atoms with Gasteiger partial charge in [-0.25, -0.2) is 0 Å². The van der Waals surface area contributed by atoms with Gasteiger partial charge in [0.1, 0.15) is 0 Å². The number of allylic oxidation sites excluding steroid dienone is 2. The molecule has 130 valence electrons. The molecule has 25 heavy (non-hydrogen) atoms. The molecule has 1 aliphatic carbocycles. The first-order valence-electron chi connectivity index (χ1n) is 8.26. The SMILES string of the molecule is Cc1ccc(Cl)c2c1N[C@H](c1ccccc1C(F)(F)F)[C@H]1CC=C[C@@H]21. The summed E-state index contributed by atoms with van der Waals surface area (Å²) < 4.78 is 40.6. The largest absolute Gasteiger partial charge is 0.416 e. The van der Waals surface area contributed by atoms with Crippen LogP contribution in [0, 0.1) is 12.8 Å². The van der Waals surface area contributed by atoms with Crippen LogP contribution in [0.25, 0.3) is 0 Å². The minimum atomic E-state index is -4.37. The number of rotatable bonds is 1. The molecule has 3 atom stereocenters. The van der Waals surface area contributed by atoms with Crippen molar-refractivity contribution in [2.45, 2.75) is 31.5 Å². The van der Waals surface area contributed by atoms with Crippen molar-refractivity contribution in [3.05, 3.63) is 75.8 Å². The number of hydrogen-bond donors (Lipinski definition) is 1. The Morgan fingerprint density at radius 2 is 1.88 bits per heavy atom. The molecule has 1 N–H and O–H groups in total. The van der Waals surface area contributed by atoms with Crippen molar-refractivity contribution < 1.29 is 13.2 Å². The van der Waals surface area contributed by atoms with Crippen LogP contribution in [0.1, 0.15) is 40.6 Å². The van der Waals surface area contributed by atoms with Crippen molar-refractivity contribution in [3.63, 3.8) is 0 Å². The molecule has 0 saturated carbocycles. The van der Waals surface area contributed by atoms with Crippen molar-refractivity contribution in [2.75, 3.05) is 5.32 Å². The Kier molecular flexibility index (Phi) is 3.84. The van der Waals surface area contributed by atoms with Gasteiger partial charge in [-0.2, -0.15) is 13.2 Å². The Morgan fingerprint density at radius 1 is 1.12 bits per heavy atom. The standard InChI is InChI=1S/C20H17ClF3N/c1-11-9-10-16(21)17-12-6-4-7-13(12)19(25-18(11)17)14-5-2-3-8-15(14)20(22,23)24/h2-6,8-10,12-13,19,25H,7H2,1H3/t12-,13+,19+/m1/s1. The monoisotopic (exact) mass is 363 g/mol. The van der Waals surface area contributed by atoms with Crippen molar-refractivity contribution in [2.24, 2.45) is 5.92 Å². The average molecular weight is 364 g/mol. The van der Waals surface area contributed by atoms with Gasteiger partial charge in [-0.15, -0.1) is 0 Å². The van der Waals surface area contributed by atoms with Crippen LogP contribution >= 0.6 is 11.6 Å². The molecule has 2 aromatic rings. The third kappa shape index (κ3) is 2.63. The Morgan fingerprint density at radius 3 is 2.64 bits per heavy atom. The molecule has 0 fully saturated rings. The fourth-order valence-electron chi connectivity index (χ4n) is 4.14. The molecule has 0 spiro atoms. The van der Waals surface area contributed by atoms with Gasteiger partial charge in [0.05, 0.1) is 11.6 Å². The average Bonchev–Trinajstić information content (AvgIpc) is 3.06. The summed E-state index contributed by atoms with van der Waals surface area (Å²) in [5, 5.41) is 4.05. The number of benzene rings is 2. The van der Waals surface area contributed by atoms with Crippen LogP contribution in [0.5, 0.6) is 0 Å². The summed E-state index contributed by atoms with van der Waals surface area (Å²) in [6.45, 7) is 1.95. The number of alkyl halides is 3. The van der Waals surface area contributed by atoms with Gasteiger partial charge in [-0.1, -0.05) is 48.0 Å². The Bertz CT molecular complexity index is 857. The van der Waals surface area contributed by atoms with Gasteiger partial charge in [0, 0.05) is 22.2 Å². The maximum atomic E-state index is 13.5. The molecule has 0 amide bonds. The van der Waals surface area contributed by atoms with E-state index in [1.165, 1.54) is 6.07 Å². The predicted molar refractivity (Wildman–Crippen MR) is 94.0 cm³/mol. The first-order valence-corrected chi connectivity index (χ1v) is 8.64. The second-order valence-corrected chi connectivity index (χ2v) is 7.12. The summed E-state index contributed by atoms with van der Waals surface area (Å²) in [7, 11) is 0. The molecule has 0 saturated heterocycles. The zero-order valence-electron chi connectivity index (χ0n) is 13.6. The molecule has 0 bridgehead atoms. The van der Waals surface area contributed by atoms with E-state index in [-0.39, 0.29) is 11.8 Å². The Balaban J connectivity index is 1.88. The molecule has 1 heterocycles. The van der Waals surface area contributed by atoms with Crippen molar-refractivity contribution in [1.29, 1.82) is 0 Å². The number of halogens is 4. The molecule has 0 radical (unpaired) electrons. The van der Waals surface area contributed by atoms with E-state index in [4.69, 9.17) is 11.6 Å². The molecule has 1 nitrogen and oxygen atoms in total. The van der Waals surface area contributed by atoms with Crippen LogP contribution in [0.15, 0.2) is 48.6 Å². The van der Waals surface area contributed by atoms with Gasteiger partial charge in [-0.05, 0) is 42.5 Å². The minimum absolute atomic E-state index is 0.0234. The zero-order chi connectivity index (χ0) is 17.8. The molecule has 0 unspecified atom stereocenters. The molecule has 5 heteroatoms. The number of aryl methyl sites for hydroxylation is 1. The van der Waals surface area contributed by atoms with Gasteiger partial charge in [-0.3, -0.25) is 0 Å². The lowest BCUT2D eigenvalue weighted by Crippen LogP contribution is -2.31. The highest BCUT2D eigenvalue weighted by Gasteiger charge is 2.43. The minimum Gasteiger partial charge on any atom is -0.377 e. The van der Waals surface area contributed by atoms with E-state index < -0.39 is 17.8 Å². The smallest absolute Gasteiger partial charge is 0.377 e. The van der Waals surface area contributed by atoms with Crippen LogP contribution in [0.2, 0.25) is 5.02 Å². The maximum Gasteiger partial charge on any atom is 0.416 e. The van der Waals surface area contributed by atoms with Crippen LogP contribution in [0.3, 0.4) is 0 Å². The summed E-state index contributed by atoms with van der Waals surface area (Å²) in [4.78, 5) is 0. The quantitative estimate of drug-likeness (QED) is 0.571. The molecule has 2 aromatic carbocycles. The van der Waals surface area contributed by atoms with Gasteiger partial charge < -0.3 is 5.32 Å². The fourth-order valence-corrected chi connectivity index (χ4v) is 4.43. The van der Waals surface area contributed by atoms with E-state index >= 15 is 0 Å². The zero-order valence-corrected chi connectivity index (χ0v) is 14.3. The molecule has 0 aromatic heterocycles. The predicted octanol–water partition coefficient (Wildman–Crippen LogP) is 6.49. The molecule has 4 rings (SSSR count). The van der Waals surface area contributed by atoms with E-state index in [0.29, 0.717) is 10.6 Å². The molecular formula is C20H17ClF3N. The molecular weight excluding hydrogens is 347 g/mol. The first kappa shape index (κ1) is 16.5. The van der Waals surface area contributed by atoms with Crippen molar-refractivity contribution in [3.8, 4) is 0 Å². The fraction of sp³-hybridized carbons (Fsp3) is 0.300. The third-order valence-electron chi connectivity index (χ3n) is 5.28. The van der Waals surface area contributed by atoms with Crippen LogP contribution in [0.4, 0.5) is 18.9 Å². The van der Waals surface area contributed by atoms with Crippen molar-refractivity contribution in [1.82, 2.24) is 0 Å². The van der Waals surface area contributed by atoms with E-state index in [9.17, 15) is 13.2 Å². The van der Waals surface area contributed by atoms with Gasteiger partial charge >= 0.3 is 6.18 Å². The highest BCUT2D eigenvalue weighted by atomic mass is 35.5. The van der Waals surface area contributed by atoms with Crippen molar-refractivity contribution >= 4 is 17.3 Å². The topological polar surface area (TPSA) is 12.0 Å². The summed E-state index contributed by atoms with van der Waals surface area (Å²) >= 11 is 6.42. The maximum absolute atomic E-state index is 13.5. The van der Waals surface area contributed by atoms with Crippen LogP contribution in [-0.2, 0) is 6.18 Å². The highest BCUT2D eigenvalue weighted by Crippen LogP contribution is 2.53. The summed E-state index contributed by atoms with van der Waals surface area (Å²) in [5.74, 6) is 0.0604.